The van der Waals surface area contributed by atoms with Gasteiger partial charge in [0.25, 0.3) is 0 Å². The van der Waals surface area contributed by atoms with Crippen molar-refractivity contribution >= 4 is 62.9 Å². The highest BCUT2D eigenvalue weighted by Gasteiger charge is 2.26. The number of carbonyl (C=O) groups is 1. The fourth-order valence-corrected chi connectivity index (χ4v) is 5.08. The summed E-state index contributed by atoms with van der Waals surface area (Å²) in [5, 5.41) is 4.04. The molecular formula is C27H23BrCl2F2N4O. The van der Waals surface area contributed by atoms with E-state index in [4.69, 9.17) is 11.6 Å². The van der Waals surface area contributed by atoms with Gasteiger partial charge in [-0.1, -0.05) is 51.8 Å². The molecule has 192 valence electrons. The zero-order valence-corrected chi connectivity index (χ0v) is 22.7. The molecular weight excluding hydrogens is 585 g/mol. The van der Waals surface area contributed by atoms with Gasteiger partial charge in [0.15, 0.2) is 0 Å². The average Bonchev–Trinajstić information content (AvgIpc) is 3.17. The largest absolute Gasteiger partial charge is 0.333 e. The number of aromatic nitrogens is 2. The number of hydrogen-bond acceptors (Lipinski definition) is 3. The van der Waals surface area contributed by atoms with Gasteiger partial charge in [-0.05, 0) is 53.1 Å². The van der Waals surface area contributed by atoms with E-state index in [1.54, 1.807) is 22.8 Å². The SMILES string of the molecule is Cl.O=C(NCc1ccnc(F)c1)n1c2c(c3ccc(Br)cc31)CN(C/C=C/c1ccc(F)c(Cl)c1)CC2. The first-order valence-electron chi connectivity index (χ1n) is 11.4. The number of halogens is 5. The number of nitrogens with zero attached hydrogens (tertiary/aromatic N) is 3. The van der Waals surface area contributed by atoms with Crippen LogP contribution >= 0.6 is 39.9 Å². The Balaban J connectivity index is 0.00000320. The molecule has 0 radical (unpaired) electrons. The summed E-state index contributed by atoms with van der Waals surface area (Å²) in [4.78, 5) is 19.1. The molecule has 4 aromatic rings. The molecule has 1 amide bonds. The zero-order chi connectivity index (χ0) is 25.2. The van der Waals surface area contributed by atoms with Gasteiger partial charge >= 0.3 is 6.03 Å². The van der Waals surface area contributed by atoms with Crippen LogP contribution in [0.4, 0.5) is 13.6 Å². The molecule has 5 rings (SSSR count). The minimum Gasteiger partial charge on any atom is -0.333 e. The first-order chi connectivity index (χ1) is 17.4. The lowest BCUT2D eigenvalue weighted by Crippen LogP contribution is -2.34. The van der Waals surface area contributed by atoms with E-state index in [9.17, 15) is 13.6 Å². The second-order valence-electron chi connectivity index (χ2n) is 8.63. The summed E-state index contributed by atoms with van der Waals surface area (Å²) in [6, 6.07) is 13.3. The van der Waals surface area contributed by atoms with Crippen LogP contribution in [-0.4, -0.2) is 33.6 Å². The van der Waals surface area contributed by atoms with E-state index in [0.717, 1.165) is 38.7 Å². The van der Waals surface area contributed by atoms with E-state index < -0.39 is 11.8 Å². The third kappa shape index (κ3) is 6.04. The van der Waals surface area contributed by atoms with Crippen molar-refractivity contribution in [2.75, 3.05) is 13.1 Å². The summed E-state index contributed by atoms with van der Waals surface area (Å²) in [6.45, 7) is 2.38. The first kappa shape index (κ1) is 27.3. The van der Waals surface area contributed by atoms with Crippen LogP contribution < -0.4 is 5.32 Å². The summed E-state index contributed by atoms with van der Waals surface area (Å²) in [6.07, 6.45) is 6.05. The van der Waals surface area contributed by atoms with Crippen LogP contribution in [0.15, 0.2) is 65.3 Å². The number of nitrogens with one attached hydrogen (secondary N) is 1. The molecule has 1 N–H and O–H groups in total. The topological polar surface area (TPSA) is 50.2 Å². The Morgan fingerprint density at radius 3 is 2.78 bits per heavy atom. The molecule has 0 unspecified atom stereocenters. The lowest BCUT2D eigenvalue weighted by Gasteiger charge is -2.27. The Morgan fingerprint density at radius 2 is 2.00 bits per heavy atom. The average molecular weight is 608 g/mol. The van der Waals surface area contributed by atoms with Crippen LogP contribution in [0.5, 0.6) is 0 Å². The molecule has 1 aliphatic heterocycles. The predicted molar refractivity (Wildman–Crippen MR) is 148 cm³/mol. The quantitative estimate of drug-likeness (QED) is 0.249. The molecule has 0 atom stereocenters. The summed E-state index contributed by atoms with van der Waals surface area (Å²) < 4.78 is 29.5. The van der Waals surface area contributed by atoms with Gasteiger partial charge in [0.2, 0.25) is 5.95 Å². The molecule has 0 aliphatic carbocycles. The molecule has 0 saturated carbocycles. The number of pyridine rings is 1. The Labute approximate surface area is 232 Å². The number of amides is 1. The fourth-order valence-electron chi connectivity index (χ4n) is 4.54. The highest BCUT2D eigenvalue weighted by Crippen LogP contribution is 2.32. The third-order valence-electron chi connectivity index (χ3n) is 6.25. The van der Waals surface area contributed by atoms with Gasteiger partial charge in [0.05, 0.1) is 10.5 Å². The lowest BCUT2D eigenvalue weighted by atomic mass is 10.0. The van der Waals surface area contributed by atoms with Gasteiger partial charge in [-0.3, -0.25) is 9.47 Å². The normalized spacial score (nSPS) is 13.5. The number of carbonyl (C=O) groups excluding carboxylic acids is 1. The zero-order valence-electron chi connectivity index (χ0n) is 19.6. The van der Waals surface area contributed by atoms with Crippen molar-refractivity contribution in [3.8, 4) is 0 Å². The second-order valence-corrected chi connectivity index (χ2v) is 9.95. The van der Waals surface area contributed by atoms with Crippen molar-refractivity contribution < 1.29 is 13.6 Å². The molecule has 0 bridgehead atoms. The number of hydrogen-bond donors (Lipinski definition) is 1. The van der Waals surface area contributed by atoms with E-state index in [1.165, 1.54) is 18.3 Å². The molecule has 0 spiro atoms. The van der Waals surface area contributed by atoms with E-state index >= 15 is 0 Å². The van der Waals surface area contributed by atoms with Gasteiger partial charge in [-0.25, -0.2) is 14.2 Å². The van der Waals surface area contributed by atoms with Gasteiger partial charge in [0, 0.05) is 54.3 Å². The molecule has 1 aliphatic rings. The van der Waals surface area contributed by atoms with Gasteiger partial charge in [0.1, 0.15) is 5.82 Å². The van der Waals surface area contributed by atoms with Gasteiger partial charge in [-0.15, -0.1) is 12.4 Å². The van der Waals surface area contributed by atoms with Crippen LogP contribution in [0.2, 0.25) is 5.02 Å². The highest BCUT2D eigenvalue weighted by molar-refractivity contribution is 9.10. The van der Waals surface area contributed by atoms with Crippen molar-refractivity contribution in [1.82, 2.24) is 19.8 Å². The Bertz CT molecular complexity index is 1490. The van der Waals surface area contributed by atoms with E-state index in [-0.39, 0.29) is 30.0 Å². The molecule has 2 aromatic heterocycles. The summed E-state index contributed by atoms with van der Waals surface area (Å²) >= 11 is 9.40. The number of rotatable bonds is 5. The van der Waals surface area contributed by atoms with Crippen molar-refractivity contribution in [1.29, 1.82) is 0 Å². The van der Waals surface area contributed by atoms with E-state index in [1.807, 2.05) is 30.4 Å². The number of fused-ring (bicyclic) bond motifs is 3. The van der Waals surface area contributed by atoms with Crippen LogP contribution in [0.3, 0.4) is 0 Å². The van der Waals surface area contributed by atoms with Crippen molar-refractivity contribution in [3.05, 3.63) is 104 Å². The molecule has 0 saturated heterocycles. The van der Waals surface area contributed by atoms with Crippen LogP contribution in [0.1, 0.15) is 22.4 Å². The molecule has 10 heteroatoms. The molecule has 0 fully saturated rings. The molecule has 2 aromatic carbocycles. The highest BCUT2D eigenvalue weighted by atomic mass is 79.9. The lowest BCUT2D eigenvalue weighted by molar-refractivity contribution is 0.240. The van der Waals surface area contributed by atoms with Crippen LogP contribution in [0.25, 0.3) is 17.0 Å². The monoisotopic (exact) mass is 606 g/mol. The summed E-state index contributed by atoms with van der Waals surface area (Å²) in [5.41, 5.74) is 4.40. The van der Waals surface area contributed by atoms with Crippen molar-refractivity contribution in [3.63, 3.8) is 0 Å². The van der Waals surface area contributed by atoms with E-state index in [0.29, 0.717) is 25.1 Å². The Hall–Kier alpha value is -2.78. The standard InChI is InChI=1S/C27H22BrClF2N4O.ClH/c28-19-4-5-20-21-16-34(10-1-2-17-3-6-23(30)22(29)12-17)11-8-24(21)35(25(20)14-19)27(36)33-15-18-7-9-32-26(31)13-18;/h1-7,9,12-14H,8,10-11,15-16H2,(H,33,36);1H/b2-1+;. The Kier molecular flexibility index (Phi) is 8.64. The smallest absolute Gasteiger partial charge is 0.326 e. The minimum absolute atomic E-state index is 0. The summed E-state index contributed by atoms with van der Waals surface area (Å²) in [5.74, 6) is -1.01. The molecule has 37 heavy (non-hydrogen) atoms. The summed E-state index contributed by atoms with van der Waals surface area (Å²) in [7, 11) is 0. The third-order valence-corrected chi connectivity index (χ3v) is 7.03. The van der Waals surface area contributed by atoms with Gasteiger partial charge in [-0.2, -0.15) is 4.39 Å². The maximum absolute atomic E-state index is 13.4. The van der Waals surface area contributed by atoms with Crippen molar-refractivity contribution in [2.45, 2.75) is 19.5 Å². The Morgan fingerprint density at radius 1 is 1.16 bits per heavy atom. The maximum Gasteiger partial charge on any atom is 0.326 e. The van der Waals surface area contributed by atoms with Gasteiger partial charge < -0.3 is 5.32 Å². The molecule has 3 heterocycles. The minimum atomic E-state index is -0.578. The first-order valence-corrected chi connectivity index (χ1v) is 12.6. The van der Waals surface area contributed by atoms with Crippen LogP contribution in [-0.2, 0) is 19.5 Å². The second kappa shape index (κ2) is 11.7. The fraction of sp³-hybridized carbons (Fsp3) is 0.185. The maximum atomic E-state index is 13.4. The number of benzene rings is 2. The predicted octanol–water partition coefficient (Wildman–Crippen LogP) is 6.98. The van der Waals surface area contributed by atoms with Crippen LogP contribution in [0, 0.1) is 11.8 Å². The molecule has 5 nitrogen and oxygen atoms in total. The van der Waals surface area contributed by atoms with Crippen molar-refractivity contribution in [2.24, 2.45) is 0 Å². The van der Waals surface area contributed by atoms with E-state index in [2.05, 4.69) is 31.1 Å².